The molecule has 0 aliphatic rings. The van der Waals surface area contributed by atoms with Crippen LogP contribution >= 0.6 is 0 Å². The van der Waals surface area contributed by atoms with Crippen molar-refractivity contribution in [3.05, 3.63) is 29.8 Å². The Hall–Kier alpha value is -1.69. The average molecular weight is 244 g/mol. The highest BCUT2D eigenvalue weighted by atomic mass is 19.1. The van der Waals surface area contributed by atoms with E-state index in [-0.39, 0.29) is 31.4 Å². The van der Waals surface area contributed by atoms with Crippen LogP contribution in [0.1, 0.15) is 0 Å². The molecule has 0 heterocycles. The second kappa shape index (κ2) is 6.80. The lowest BCUT2D eigenvalue weighted by Gasteiger charge is -2.08. The molecule has 0 saturated heterocycles. The summed E-state index contributed by atoms with van der Waals surface area (Å²) in [6.07, 6.45) is 0. The van der Waals surface area contributed by atoms with Gasteiger partial charge in [0.1, 0.15) is 12.4 Å². The molecular formula is C11H14F2N2O2. The van der Waals surface area contributed by atoms with Gasteiger partial charge in [0.25, 0.3) is 0 Å². The number of amides is 1. The molecule has 0 spiro atoms. The SMILES string of the molecule is CNCC(=O)NCCOc1ccc(F)cc1F. The molecule has 0 unspecified atom stereocenters. The van der Waals surface area contributed by atoms with E-state index in [4.69, 9.17) is 4.74 Å². The first-order valence-electron chi connectivity index (χ1n) is 5.12. The summed E-state index contributed by atoms with van der Waals surface area (Å²) in [7, 11) is 1.66. The Morgan fingerprint density at radius 2 is 2.18 bits per heavy atom. The maximum Gasteiger partial charge on any atom is 0.234 e. The molecule has 0 radical (unpaired) electrons. The van der Waals surface area contributed by atoms with E-state index in [0.717, 1.165) is 12.1 Å². The molecule has 4 nitrogen and oxygen atoms in total. The second-order valence-corrected chi connectivity index (χ2v) is 3.30. The van der Waals surface area contributed by atoms with Crippen LogP contribution in [0.25, 0.3) is 0 Å². The smallest absolute Gasteiger partial charge is 0.234 e. The van der Waals surface area contributed by atoms with Crippen molar-refractivity contribution in [3.8, 4) is 5.75 Å². The average Bonchev–Trinajstić information content (AvgIpc) is 2.27. The lowest BCUT2D eigenvalue weighted by atomic mass is 10.3. The first kappa shape index (κ1) is 13.4. The molecule has 2 N–H and O–H groups in total. The molecule has 0 fully saturated rings. The van der Waals surface area contributed by atoms with Crippen molar-refractivity contribution in [2.24, 2.45) is 0 Å². The van der Waals surface area contributed by atoms with Crippen LogP contribution in [0.2, 0.25) is 0 Å². The first-order valence-corrected chi connectivity index (χ1v) is 5.12. The molecule has 6 heteroatoms. The van der Waals surface area contributed by atoms with Crippen LogP contribution in [0.4, 0.5) is 8.78 Å². The van der Waals surface area contributed by atoms with Gasteiger partial charge in [-0.3, -0.25) is 4.79 Å². The number of hydrogen-bond donors (Lipinski definition) is 2. The molecular weight excluding hydrogens is 230 g/mol. The molecule has 0 atom stereocenters. The van der Waals surface area contributed by atoms with Gasteiger partial charge in [-0.1, -0.05) is 0 Å². The van der Waals surface area contributed by atoms with Crippen LogP contribution in [0, 0.1) is 11.6 Å². The zero-order valence-electron chi connectivity index (χ0n) is 9.43. The van der Waals surface area contributed by atoms with E-state index >= 15 is 0 Å². The molecule has 0 bridgehead atoms. The zero-order chi connectivity index (χ0) is 12.7. The minimum atomic E-state index is -0.758. The monoisotopic (exact) mass is 244 g/mol. The molecule has 0 aliphatic carbocycles. The third-order valence-corrected chi connectivity index (χ3v) is 1.91. The highest BCUT2D eigenvalue weighted by Crippen LogP contribution is 2.17. The summed E-state index contributed by atoms with van der Waals surface area (Å²) < 4.78 is 30.7. The van der Waals surface area contributed by atoms with E-state index in [0.29, 0.717) is 0 Å². The van der Waals surface area contributed by atoms with E-state index in [1.165, 1.54) is 6.07 Å². The van der Waals surface area contributed by atoms with Crippen molar-refractivity contribution in [2.45, 2.75) is 0 Å². The van der Waals surface area contributed by atoms with Gasteiger partial charge in [0.2, 0.25) is 5.91 Å². The Balaban J connectivity index is 2.29. The van der Waals surface area contributed by atoms with Crippen molar-refractivity contribution >= 4 is 5.91 Å². The van der Waals surface area contributed by atoms with E-state index in [9.17, 15) is 13.6 Å². The van der Waals surface area contributed by atoms with Gasteiger partial charge in [-0.25, -0.2) is 8.78 Å². The largest absolute Gasteiger partial charge is 0.489 e. The lowest BCUT2D eigenvalue weighted by molar-refractivity contribution is -0.120. The summed E-state index contributed by atoms with van der Waals surface area (Å²) in [6.45, 7) is 0.597. The molecule has 1 aromatic rings. The molecule has 0 saturated carbocycles. The number of carbonyl (C=O) groups is 1. The van der Waals surface area contributed by atoms with E-state index in [1.54, 1.807) is 7.05 Å². The van der Waals surface area contributed by atoms with Gasteiger partial charge >= 0.3 is 0 Å². The maximum atomic E-state index is 13.1. The number of hydrogen-bond acceptors (Lipinski definition) is 3. The first-order chi connectivity index (χ1) is 8.13. The Morgan fingerprint density at radius 3 is 2.82 bits per heavy atom. The summed E-state index contributed by atoms with van der Waals surface area (Å²) in [5.74, 6) is -1.62. The van der Waals surface area contributed by atoms with Crippen LogP contribution in [0.15, 0.2) is 18.2 Å². The highest BCUT2D eigenvalue weighted by Gasteiger charge is 2.04. The van der Waals surface area contributed by atoms with E-state index in [2.05, 4.69) is 10.6 Å². The molecule has 1 aromatic carbocycles. The Bertz CT molecular complexity index is 386. The van der Waals surface area contributed by atoms with Crippen LogP contribution < -0.4 is 15.4 Å². The van der Waals surface area contributed by atoms with Gasteiger partial charge in [-0.2, -0.15) is 0 Å². The summed E-state index contributed by atoms with van der Waals surface area (Å²) >= 11 is 0. The van der Waals surface area contributed by atoms with Crippen LogP contribution in [-0.4, -0.2) is 32.7 Å². The predicted octanol–water partition coefficient (Wildman–Crippen LogP) is 0.679. The van der Waals surface area contributed by atoms with Gasteiger partial charge in [-0.15, -0.1) is 0 Å². The Morgan fingerprint density at radius 1 is 1.41 bits per heavy atom. The van der Waals surface area contributed by atoms with Crippen molar-refractivity contribution in [1.29, 1.82) is 0 Å². The Kier molecular flexibility index (Phi) is 5.35. The normalized spacial score (nSPS) is 10.1. The highest BCUT2D eigenvalue weighted by molar-refractivity contribution is 5.77. The topological polar surface area (TPSA) is 50.4 Å². The maximum absolute atomic E-state index is 13.1. The summed E-state index contributed by atoms with van der Waals surface area (Å²) in [5, 5.41) is 5.25. The molecule has 0 aliphatic heterocycles. The zero-order valence-corrected chi connectivity index (χ0v) is 9.43. The van der Waals surface area contributed by atoms with Crippen molar-refractivity contribution in [3.63, 3.8) is 0 Å². The lowest BCUT2D eigenvalue weighted by Crippen LogP contribution is -2.34. The van der Waals surface area contributed by atoms with Gasteiger partial charge in [0.05, 0.1) is 13.1 Å². The van der Waals surface area contributed by atoms with Crippen molar-refractivity contribution in [1.82, 2.24) is 10.6 Å². The third kappa shape index (κ3) is 4.78. The fourth-order valence-electron chi connectivity index (χ4n) is 1.17. The quantitative estimate of drug-likeness (QED) is 0.723. The Labute approximate surface area is 98.0 Å². The minimum absolute atomic E-state index is 0.0331. The van der Waals surface area contributed by atoms with Gasteiger partial charge in [0, 0.05) is 6.07 Å². The summed E-state index contributed by atoms with van der Waals surface area (Å²) in [6, 6.07) is 3.06. The van der Waals surface area contributed by atoms with Crippen LogP contribution in [0.3, 0.4) is 0 Å². The number of carbonyl (C=O) groups excluding carboxylic acids is 1. The number of rotatable bonds is 6. The number of benzene rings is 1. The summed E-state index contributed by atoms with van der Waals surface area (Å²) in [4.78, 5) is 11.0. The van der Waals surface area contributed by atoms with Crippen LogP contribution in [-0.2, 0) is 4.79 Å². The van der Waals surface area contributed by atoms with Crippen LogP contribution in [0.5, 0.6) is 5.75 Å². The van der Waals surface area contributed by atoms with Gasteiger partial charge in [-0.05, 0) is 19.2 Å². The number of nitrogens with one attached hydrogen (secondary N) is 2. The standard InChI is InChI=1S/C11H14F2N2O2/c1-14-7-11(16)15-4-5-17-10-3-2-8(12)6-9(10)13/h2-3,6,14H,4-5,7H2,1H3,(H,15,16). The number of ether oxygens (including phenoxy) is 1. The number of likely N-dealkylation sites (N-methyl/N-ethyl adjacent to an activating group) is 1. The van der Waals surface area contributed by atoms with E-state index < -0.39 is 11.6 Å². The van der Waals surface area contributed by atoms with E-state index in [1.807, 2.05) is 0 Å². The molecule has 17 heavy (non-hydrogen) atoms. The van der Waals surface area contributed by atoms with Gasteiger partial charge < -0.3 is 15.4 Å². The van der Waals surface area contributed by atoms with Crippen molar-refractivity contribution in [2.75, 3.05) is 26.7 Å². The van der Waals surface area contributed by atoms with Gasteiger partial charge in [0.15, 0.2) is 11.6 Å². The minimum Gasteiger partial charge on any atom is -0.489 e. The molecule has 1 amide bonds. The molecule has 1 rings (SSSR count). The molecule has 94 valence electrons. The molecule has 0 aromatic heterocycles. The second-order valence-electron chi connectivity index (χ2n) is 3.30. The van der Waals surface area contributed by atoms with Crippen molar-refractivity contribution < 1.29 is 18.3 Å². The predicted molar refractivity (Wildman–Crippen MR) is 58.8 cm³/mol. The fourth-order valence-corrected chi connectivity index (χ4v) is 1.17. The number of halogens is 2. The third-order valence-electron chi connectivity index (χ3n) is 1.91. The fraction of sp³-hybridized carbons (Fsp3) is 0.364. The summed E-state index contributed by atoms with van der Waals surface area (Å²) in [5.41, 5.74) is 0.